The van der Waals surface area contributed by atoms with Gasteiger partial charge in [0, 0.05) is 18.7 Å². The molecule has 3 N–H and O–H groups in total. The number of nitrogens with two attached hydrogens (primary N) is 1. The standard InChI is InChI=1S/C12H14BrN3O/c1-3-7-4-8(12(17)9(13)5-7)10-6-11(14)16(2)15-10/h4-6,17H,3,14H2,1-2H3. The molecule has 4 nitrogen and oxygen atoms in total. The Labute approximate surface area is 108 Å². The van der Waals surface area contributed by atoms with E-state index in [1.807, 2.05) is 12.1 Å². The summed E-state index contributed by atoms with van der Waals surface area (Å²) in [4.78, 5) is 0. The van der Waals surface area contributed by atoms with Crippen molar-refractivity contribution in [3.8, 4) is 17.0 Å². The molecule has 0 aliphatic rings. The fraction of sp³-hybridized carbons (Fsp3) is 0.250. The molecule has 2 rings (SSSR count). The summed E-state index contributed by atoms with van der Waals surface area (Å²) < 4.78 is 2.26. The molecule has 0 spiro atoms. The minimum atomic E-state index is 0.195. The van der Waals surface area contributed by atoms with Crippen molar-refractivity contribution in [3.63, 3.8) is 0 Å². The Bertz CT molecular complexity index is 544. The number of phenols is 1. The monoisotopic (exact) mass is 295 g/mol. The fourth-order valence-electron chi connectivity index (χ4n) is 1.67. The molecule has 0 atom stereocenters. The third kappa shape index (κ3) is 2.15. The summed E-state index contributed by atoms with van der Waals surface area (Å²) in [5, 5.41) is 14.3. The topological polar surface area (TPSA) is 64.1 Å². The molecular weight excluding hydrogens is 282 g/mol. The van der Waals surface area contributed by atoms with Crippen LogP contribution in [-0.2, 0) is 13.5 Å². The zero-order valence-corrected chi connectivity index (χ0v) is 11.3. The lowest BCUT2D eigenvalue weighted by molar-refractivity contribution is 0.473. The number of aromatic hydroxyl groups is 1. The molecule has 2 aromatic rings. The quantitative estimate of drug-likeness (QED) is 0.895. The first-order valence-electron chi connectivity index (χ1n) is 5.34. The van der Waals surface area contributed by atoms with E-state index in [0.29, 0.717) is 21.5 Å². The van der Waals surface area contributed by atoms with Crippen molar-refractivity contribution in [3.05, 3.63) is 28.2 Å². The number of rotatable bonds is 2. The maximum Gasteiger partial charge on any atom is 0.139 e. The van der Waals surface area contributed by atoms with Gasteiger partial charge in [0.25, 0.3) is 0 Å². The number of phenolic OH excluding ortho intramolecular Hbond substituents is 1. The Morgan fingerprint density at radius 2 is 2.12 bits per heavy atom. The van der Waals surface area contributed by atoms with E-state index in [0.717, 1.165) is 12.0 Å². The molecule has 1 aromatic heterocycles. The maximum absolute atomic E-state index is 10.0. The Morgan fingerprint density at radius 1 is 1.41 bits per heavy atom. The molecule has 1 heterocycles. The molecule has 0 radical (unpaired) electrons. The van der Waals surface area contributed by atoms with Gasteiger partial charge in [0.15, 0.2) is 0 Å². The van der Waals surface area contributed by atoms with E-state index in [1.54, 1.807) is 17.8 Å². The summed E-state index contributed by atoms with van der Waals surface area (Å²) in [5.74, 6) is 0.762. The van der Waals surface area contributed by atoms with E-state index in [-0.39, 0.29) is 5.75 Å². The molecule has 0 unspecified atom stereocenters. The first kappa shape index (κ1) is 12.0. The van der Waals surface area contributed by atoms with Gasteiger partial charge in [-0.1, -0.05) is 6.92 Å². The van der Waals surface area contributed by atoms with Crippen LogP contribution in [0.2, 0.25) is 0 Å². The summed E-state index contributed by atoms with van der Waals surface area (Å²) in [5.41, 5.74) is 8.25. The molecule has 17 heavy (non-hydrogen) atoms. The minimum Gasteiger partial charge on any atom is -0.506 e. The van der Waals surface area contributed by atoms with Crippen LogP contribution in [0, 0.1) is 0 Å². The number of nitrogens with zero attached hydrogens (tertiary/aromatic N) is 2. The van der Waals surface area contributed by atoms with Gasteiger partial charge in [0.05, 0.1) is 10.2 Å². The fourth-order valence-corrected chi connectivity index (χ4v) is 2.18. The summed E-state index contributed by atoms with van der Waals surface area (Å²) in [6.07, 6.45) is 0.897. The van der Waals surface area contributed by atoms with Crippen LogP contribution in [-0.4, -0.2) is 14.9 Å². The first-order valence-corrected chi connectivity index (χ1v) is 6.13. The average molecular weight is 296 g/mol. The van der Waals surface area contributed by atoms with Crippen molar-refractivity contribution >= 4 is 21.7 Å². The summed E-state index contributed by atoms with van der Waals surface area (Å²) in [6, 6.07) is 5.59. The summed E-state index contributed by atoms with van der Waals surface area (Å²) in [6.45, 7) is 2.06. The molecule has 1 aromatic carbocycles. The van der Waals surface area contributed by atoms with Crippen molar-refractivity contribution < 1.29 is 5.11 Å². The van der Waals surface area contributed by atoms with E-state index < -0.39 is 0 Å². The van der Waals surface area contributed by atoms with Crippen molar-refractivity contribution in [1.82, 2.24) is 9.78 Å². The largest absolute Gasteiger partial charge is 0.506 e. The molecule has 0 fully saturated rings. The highest BCUT2D eigenvalue weighted by Gasteiger charge is 2.13. The lowest BCUT2D eigenvalue weighted by Gasteiger charge is -2.06. The molecule has 0 aliphatic carbocycles. The zero-order chi connectivity index (χ0) is 12.6. The van der Waals surface area contributed by atoms with Crippen LogP contribution in [0.3, 0.4) is 0 Å². The van der Waals surface area contributed by atoms with E-state index in [1.165, 1.54) is 0 Å². The molecule has 0 saturated carbocycles. The number of aryl methyl sites for hydroxylation is 2. The highest BCUT2D eigenvalue weighted by molar-refractivity contribution is 9.10. The number of nitrogen functional groups attached to an aromatic ring is 1. The van der Waals surface area contributed by atoms with Crippen LogP contribution in [0.5, 0.6) is 5.75 Å². The SMILES string of the molecule is CCc1cc(Br)c(O)c(-c2cc(N)n(C)n2)c1. The van der Waals surface area contributed by atoms with E-state index in [4.69, 9.17) is 5.73 Å². The van der Waals surface area contributed by atoms with Gasteiger partial charge < -0.3 is 10.8 Å². The number of hydrogen-bond acceptors (Lipinski definition) is 3. The van der Waals surface area contributed by atoms with Crippen molar-refractivity contribution in [2.24, 2.45) is 7.05 Å². The molecule has 5 heteroatoms. The van der Waals surface area contributed by atoms with Gasteiger partial charge >= 0.3 is 0 Å². The van der Waals surface area contributed by atoms with E-state index >= 15 is 0 Å². The lowest BCUT2D eigenvalue weighted by atomic mass is 10.1. The smallest absolute Gasteiger partial charge is 0.139 e. The third-order valence-corrected chi connectivity index (χ3v) is 3.33. The Hall–Kier alpha value is -1.49. The Morgan fingerprint density at radius 3 is 2.65 bits per heavy atom. The Balaban J connectivity index is 2.61. The first-order chi connectivity index (χ1) is 8.02. The third-order valence-electron chi connectivity index (χ3n) is 2.72. The number of anilines is 1. The van der Waals surface area contributed by atoms with Crippen LogP contribution in [0.15, 0.2) is 22.7 Å². The van der Waals surface area contributed by atoms with Crippen LogP contribution < -0.4 is 5.73 Å². The van der Waals surface area contributed by atoms with Gasteiger partial charge in [-0.3, -0.25) is 4.68 Å². The summed E-state index contributed by atoms with van der Waals surface area (Å²) >= 11 is 3.34. The average Bonchev–Trinajstić information content (AvgIpc) is 2.62. The zero-order valence-electron chi connectivity index (χ0n) is 9.74. The van der Waals surface area contributed by atoms with Gasteiger partial charge in [-0.15, -0.1) is 0 Å². The van der Waals surface area contributed by atoms with E-state index in [9.17, 15) is 5.11 Å². The summed E-state index contributed by atoms with van der Waals surface area (Å²) in [7, 11) is 1.77. The van der Waals surface area contributed by atoms with Crippen LogP contribution in [0.4, 0.5) is 5.82 Å². The number of benzene rings is 1. The number of halogens is 1. The van der Waals surface area contributed by atoms with Gasteiger partial charge in [-0.25, -0.2) is 0 Å². The van der Waals surface area contributed by atoms with Gasteiger partial charge in [-0.05, 0) is 40.0 Å². The van der Waals surface area contributed by atoms with Gasteiger partial charge in [0.2, 0.25) is 0 Å². The normalized spacial score (nSPS) is 10.8. The second-order valence-corrected chi connectivity index (χ2v) is 4.76. The van der Waals surface area contributed by atoms with Crippen molar-refractivity contribution in [1.29, 1.82) is 0 Å². The second-order valence-electron chi connectivity index (χ2n) is 3.91. The minimum absolute atomic E-state index is 0.195. The number of aromatic nitrogens is 2. The van der Waals surface area contributed by atoms with E-state index in [2.05, 4.69) is 28.0 Å². The predicted octanol–water partition coefficient (Wildman–Crippen LogP) is 2.70. The molecule has 0 bridgehead atoms. The predicted molar refractivity (Wildman–Crippen MR) is 71.8 cm³/mol. The molecule has 0 aliphatic heterocycles. The highest BCUT2D eigenvalue weighted by Crippen LogP contribution is 2.36. The van der Waals surface area contributed by atoms with Gasteiger partial charge in [-0.2, -0.15) is 5.10 Å². The van der Waals surface area contributed by atoms with Crippen LogP contribution in [0.1, 0.15) is 12.5 Å². The molecule has 0 saturated heterocycles. The Kier molecular flexibility index (Phi) is 3.11. The number of hydrogen-bond donors (Lipinski definition) is 2. The van der Waals surface area contributed by atoms with Crippen LogP contribution >= 0.6 is 15.9 Å². The van der Waals surface area contributed by atoms with Gasteiger partial charge in [0.1, 0.15) is 11.6 Å². The van der Waals surface area contributed by atoms with Crippen LogP contribution in [0.25, 0.3) is 11.3 Å². The second kappa shape index (κ2) is 4.41. The maximum atomic E-state index is 10.0. The molecule has 90 valence electrons. The molecular formula is C12H14BrN3O. The highest BCUT2D eigenvalue weighted by atomic mass is 79.9. The lowest BCUT2D eigenvalue weighted by Crippen LogP contribution is -1.96. The van der Waals surface area contributed by atoms with Crippen molar-refractivity contribution in [2.75, 3.05) is 5.73 Å². The molecule has 0 amide bonds. The van der Waals surface area contributed by atoms with Crippen molar-refractivity contribution in [2.45, 2.75) is 13.3 Å².